The lowest BCUT2D eigenvalue weighted by atomic mass is 9.95. The number of rotatable bonds is 6. The Bertz CT molecular complexity index is 893. The second-order valence-electron chi connectivity index (χ2n) is 7.77. The van der Waals surface area contributed by atoms with Crippen molar-refractivity contribution >= 4 is 33.4 Å². The summed E-state index contributed by atoms with van der Waals surface area (Å²) in [7, 11) is 0. The van der Waals surface area contributed by atoms with E-state index in [-0.39, 0.29) is 17.9 Å². The lowest BCUT2D eigenvalue weighted by molar-refractivity contribution is -0.122. The van der Waals surface area contributed by atoms with Gasteiger partial charge in [-0.3, -0.25) is 14.5 Å². The van der Waals surface area contributed by atoms with E-state index >= 15 is 0 Å². The highest BCUT2D eigenvalue weighted by Crippen LogP contribution is 2.49. The zero-order valence-corrected chi connectivity index (χ0v) is 17.2. The van der Waals surface area contributed by atoms with Gasteiger partial charge < -0.3 is 11.1 Å². The van der Waals surface area contributed by atoms with E-state index in [9.17, 15) is 9.59 Å². The van der Waals surface area contributed by atoms with Gasteiger partial charge in [0.1, 0.15) is 0 Å². The standard InChI is InChI=1S/C22H24BrN3O2/c23-17-8-6-16(7-9-17)22(10-11-22)21(28)25-18-4-1-3-15(13-18)14-26-12-2-5-19(26)20(24)27/h1,3-4,6-9,13,19H,2,5,10-12,14H2,(H2,24,27)(H,25,28). The van der Waals surface area contributed by atoms with Crippen molar-refractivity contribution in [2.24, 2.45) is 5.73 Å². The first kappa shape index (κ1) is 19.2. The van der Waals surface area contributed by atoms with E-state index in [1.165, 1.54) is 0 Å². The van der Waals surface area contributed by atoms with Gasteiger partial charge in [-0.05, 0) is 67.6 Å². The molecule has 1 aliphatic carbocycles. The molecule has 6 heteroatoms. The minimum atomic E-state index is -0.414. The van der Waals surface area contributed by atoms with Crippen LogP contribution in [-0.2, 0) is 21.5 Å². The Labute approximate surface area is 173 Å². The minimum Gasteiger partial charge on any atom is -0.368 e. The molecule has 2 aromatic carbocycles. The number of nitrogens with two attached hydrogens (primary N) is 1. The van der Waals surface area contributed by atoms with Crippen molar-refractivity contribution in [3.05, 3.63) is 64.1 Å². The number of benzene rings is 2. The molecule has 0 radical (unpaired) electrons. The first-order valence-electron chi connectivity index (χ1n) is 9.68. The van der Waals surface area contributed by atoms with Gasteiger partial charge in [0.2, 0.25) is 11.8 Å². The summed E-state index contributed by atoms with van der Waals surface area (Å²) in [5, 5.41) is 3.10. The van der Waals surface area contributed by atoms with Gasteiger partial charge >= 0.3 is 0 Å². The summed E-state index contributed by atoms with van der Waals surface area (Å²) in [5.74, 6) is -0.213. The molecule has 1 aliphatic heterocycles. The minimum absolute atomic E-state index is 0.0446. The van der Waals surface area contributed by atoms with Crippen molar-refractivity contribution in [2.75, 3.05) is 11.9 Å². The molecule has 2 amide bonds. The Morgan fingerprint density at radius 3 is 2.61 bits per heavy atom. The molecule has 2 aliphatic rings. The monoisotopic (exact) mass is 441 g/mol. The lowest BCUT2D eigenvalue weighted by Crippen LogP contribution is -2.39. The van der Waals surface area contributed by atoms with Gasteiger partial charge in [-0.2, -0.15) is 0 Å². The fraction of sp³-hybridized carbons (Fsp3) is 0.364. The number of carbonyl (C=O) groups is 2. The Morgan fingerprint density at radius 1 is 1.18 bits per heavy atom. The average molecular weight is 442 g/mol. The number of anilines is 1. The largest absolute Gasteiger partial charge is 0.368 e. The number of primary amides is 1. The van der Waals surface area contributed by atoms with Crippen molar-refractivity contribution < 1.29 is 9.59 Å². The highest BCUT2D eigenvalue weighted by Gasteiger charge is 2.51. The molecule has 0 spiro atoms. The van der Waals surface area contributed by atoms with Crippen LogP contribution in [-0.4, -0.2) is 29.3 Å². The molecule has 1 unspecified atom stereocenters. The summed E-state index contributed by atoms with van der Waals surface area (Å²) >= 11 is 3.45. The third-order valence-electron chi connectivity index (χ3n) is 5.84. The van der Waals surface area contributed by atoms with Crippen molar-refractivity contribution in [3.63, 3.8) is 0 Å². The molecule has 0 bridgehead atoms. The van der Waals surface area contributed by atoms with Gasteiger partial charge in [0.15, 0.2) is 0 Å². The Morgan fingerprint density at radius 2 is 1.93 bits per heavy atom. The van der Waals surface area contributed by atoms with Crippen LogP contribution in [0.2, 0.25) is 0 Å². The van der Waals surface area contributed by atoms with E-state index in [0.29, 0.717) is 6.54 Å². The SMILES string of the molecule is NC(=O)C1CCCN1Cc1cccc(NC(=O)C2(c3ccc(Br)cc3)CC2)c1. The Hall–Kier alpha value is -2.18. The zero-order chi connectivity index (χ0) is 19.7. The Balaban J connectivity index is 1.45. The molecule has 146 valence electrons. The summed E-state index contributed by atoms with van der Waals surface area (Å²) in [6.07, 6.45) is 3.55. The van der Waals surface area contributed by atoms with E-state index in [1.807, 2.05) is 48.5 Å². The first-order chi connectivity index (χ1) is 13.5. The highest BCUT2D eigenvalue weighted by molar-refractivity contribution is 9.10. The number of nitrogens with one attached hydrogen (secondary N) is 1. The van der Waals surface area contributed by atoms with Crippen molar-refractivity contribution in [2.45, 2.75) is 43.7 Å². The molecule has 1 atom stereocenters. The average Bonchev–Trinajstić information content (AvgIpc) is 3.35. The van der Waals surface area contributed by atoms with Gasteiger partial charge in [0.25, 0.3) is 0 Å². The second-order valence-corrected chi connectivity index (χ2v) is 8.69. The molecule has 1 heterocycles. The van der Waals surface area contributed by atoms with Crippen LogP contribution >= 0.6 is 15.9 Å². The number of likely N-dealkylation sites (tertiary alicyclic amines) is 1. The summed E-state index contributed by atoms with van der Waals surface area (Å²) < 4.78 is 1.01. The fourth-order valence-corrected chi connectivity index (χ4v) is 4.38. The van der Waals surface area contributed by atoms with Crippen molar-refractivity contribution in [1.29, 1.82) is 0 Å². The zero-order valence-electron chi connectivity index (χ0n) is 15.7. The van der Waals surface area contributed by atoms with E-state index in [0.717, 1.165) is 53.5 Å². The van der Waals surface area contributed by atoms with E-state index in [1.54, 1.807) is 0 Å². The smallest absolute Gasteiger partial charge is 0.235 e. The molecule has 1 saturated heterocycles. The lowest BCUT2D eigenvalue weighted by Gasteiger charge is -2.22. The van der Waals surface area contributed by atoms with Crippen LogP contribution in [0.4, 0.5) is 5.69 Å². The van der Waals surface area contributed by atoms with E-state index in [2.05, 4.69) is 26.1 Å². The van der Waals surface area contributed by atoms with Crippen LogP contribution in [0.15, 0.2) is 53.0 Å². The number of amides is 2. The van der Waals surface area contributed by atoms with Crippen LogP contribution in [0, 0.1) is 0 Å². The molecule has 4 rings (SSSR count). The quantitative estimate of drug-likeness (QED) is 0.719. The molecule has 2 aromatic rings. The van der Waals surface area contributed by atoms with Gasteiger partial charge in [-0.25, -0.2) is 0 Å². The summed E-state index contributed by atoms with van der Waals surface area (Å²) in [6, 6.07) is 15.7. The Kier molecular flexibility index (Phi) is 5.25. The van der Waals surface area contributed by atoms with Crippen LogP contribution in [0.1, 0.15) is 36.8 Å². The summed E-state index contributed by atoms with van der Waals surface area (Å²) in [4.78, 5) is 26.7. The van der Waals surface area contributed by atoms with Crippen molar-refractivity contribution in [3.8, 4) is 0 Å². The molecule has 2 fully saturated rings. The molecule has 1 saturated carbocycles. The fourth-order valence-electron chi connectivity index (χ4n) is 4.11. The molecular formula is C22H24BrN3O2. The van der Waals surface area contributed by atoms with Gasteiger partial charge in [0, 0.05) is 16.7 Å². The molecule has 3 N–H and O–H groups in total. The number of carbonyl (C=O) groups excluding carboxylic acids is 2. The maximum Gasteiger partial charge on any atom is 0.235 e. The molecular weight excluding hydrogens is 418 g/mol. The predicted octanol–water partition coefficient (Wildman–Crippen LogP) is 3.57. The second kappa shape index (κ2) is 7.68. The maximum absolute atomic E-state index is 13.0. The van der Waals surface area contributed by atoms with Gasteiger partial charge in [0.05, 0.1) is 11.5 Å². The third kappa shape index (κ3) is 3.84. The first-order valence-corrected chi connectivity index (χ1v) is 10.5. The molecule has 5 nitrogen and oxygen atoms in total. The summed E-state index contributed by atoms with van der Waals surface area (Å²) in [5.41, 5.74) is 8.02. The maximum atomic E-state index is 13.0. The number of nitrogens with zero attached hydrogens (tertiary/aromatic N) is 1. The van der Waals surface area contributed by atoms with Gasteiger partial charge in [-0.15, -0.1) is 0 Å². The normalized spacial score (nSPS) is 20.7. The molecule has 28 heavy (non-hydrogen) atoms. The van der Waals surface area contributed by atoms with Crippen LogP contribution in [0.5, 0.6) is 0 Å². The molecule has 0 aromatic heterocycles. The highest BCUT2D eigenvalue weighted by atomic mass is 79.9. The third-order valence-corrected chi connectivity index (χ3v) is 6.37. The van der Waals surface area contributed by atoms with Crippen LogP contribution in [0.25, 0.3) is 0 Å². The van der Waals surface area contributed by atoms with E-state index < -0.39 is 5.41 Å². The number of halogens is 1. The van der Waals surface area contributed by atoms with Crippen LogP contribution in [0.3, 0.4) is 0 Å². The summed E-state index contributed by atoms with van der Waals surface area (Å²) in [6.45, 7) is 1.53. The topological polar surface area (TPSA) is 75.4 Å². The number of hydrogen-bond donors (Lipinski definition) is 2. The van der Waals surface area contributed by atoms with Gasteiger partial charge in [-0.1, -0.05) is 40.2 Å². The van der Waals surface area contributed by atoms with Crippen molar-refractivity contribution in [1.82, 2.24) is 4.90 Å². The van der Waals surface area contributed by atoms with E-state index in [4.69, 9.17) is 5.73 Å². The predicted molar refractivity (Wildman–Crippen MR) is 113 cm³/mol. The number of hydrogen-bond acceptors (Lipinski definition) is 3. The van der Waals surface area contributed by atoms with Crippen LogP contribution < -0.4 is 11.1 Å².